The summed E-state index contributed by atoms with van der Waals surface area (Å²) in [5.41, 5.74) is 15.1. The van der Waals surface area contributed by atoms with Crippen LogP contribution in [0.15, 0.2) is 42.6 Å². The van der Waals surface area contributed by atoms with E-state index in [0.717, 1.165) is 6.42 Å². The van der Waals surface area contributed by atoms with E-state index in [1.807, 2.05) is 0 Å². The Kier molecular flexibility index (Phi) is 4.84. The molecule has 0 saturated heterocycles. The molecule has 2 aliphatic rings. The van der Waals surface area contributed by atoms with Crippen LogP contribution in [0.2, 0.25) is 0 Å². The number of pyridine rings is 1. The largest absolute Gasteiger partial charge is 0.213 e. The number of hydrogen-bond acceptors (Lipinski definition) is 0. The quantitative estimate of drug-likeness (QED) is 0.304. The van der Waals surface area contributed by atoms with Crippen molar-refractivity contribution >= 4 is 0 Å². The smallest absolute Gasteiger partial charge is 0.201 e. The second-order valence-electron chi connectivity index (χ2n) is 10.9. The monoisotopic (exact) mass is 410 g/mol. The van der Waals surface area contributed by atoms with E-state index in [1.54, 1.807) is 5.56 Å². The average molecular weight is 411 g/mol. The summed E-state index contributed by atoms with van der Waals surface area (Å²) in [6.07, 6.45) is 8.72. The highest BCUT2D eigenvalue weighted by molar-refractivity contribution is 5.87. The Hall–Kier alpha value is -2.41. The summed E-state index contributed by atoms with van der Waals surface area (Å²) in [5, 5.41) is 0. The minimum Gasteiger partial charge on any atom is -0.201 e. The van der Waals surface area contributed by atoms with Crippen LogP contribution in [0.25, 0.3) is 22.4 Å². The molecule has 5 rings (SSSR count). The van der Waals surface area contributed by atoms with Gasteiger partial charge in [-0.2, -0.15) is 0 Å². The van der Waals surface area contributed by atoms with Crippen LogP contribution < -0.4 is 4.57 Å². The van der Waals surface area contributed by atoms with Gasteiger partial charge in [0.1, 0.15) is 7.05 Å². The Bertz CT molecular complexity index is 1170. The molecule has 2 aromatic carbocycles. The number of aryl methyl sites for hydroxylation is 4. The van der Waals surface area contributed by atoms with Crippen molar-refractivity contribution in [3.8, 4) is 22.4 Å². The van der Waals surface area contributed by atoms with Crippen LogP contribution in [0.5, 0.6) is 0 Å². The second kappa shape index (κ2) is 7.33. The Balaban J connectivity index is 1.65. The maximum Gasteiger partial charge on any atom is 0.213 e. The first kappa shape index (κ1) is 20.5. The van der Waals surface area contributed by atoms with Gasteiger partial charge in [-0.05, 0) is 103 Å². The molecular formula is C30H36N+. The molecule has 1 heteroatoms. The SMILES string of the molecule is Cc1c[n+](C)c(-c2c(C)cc(C)c3c2Cc2ccccc2-3)cc1C1CCC(C)(C)CC1. The van der Waals surface area contributed by atoms with Gasteiger partial charge in [0.15, 0.2) is 6.20 Å². The van der Waals surface area contributed by atoms with E-state index >= 15 is 0 Å². The van der Waals surface area contributed by atoms with Gasteiger partial charge in [-0.1, -0.05) is 44.2 Å². The molecule has 1 heterocycles. The molecule has 31 heavy (non-hydrogen) atoms. The molecule has 0 aliphatic heterocycles. The van der Waals surface area contributed by atoms with Crippen LogP contribution >= 0.6 is 0 Å². The summed E-state index contributed by atoms with van der Waals surface area (Å²) < 4.78 is 2.37. The van der Waals surface area contributed by atoms with Crippen LogP contribution in [0.4, 0.5) is 0 Å². The van der Waals surface area contributed by atoms with Crippen molar-refractivity contribution in [2.24, 2.45) is 12.5 Å². The Morgan fingerprint density at radius 1 is 0.871 bits per heavy atom. The zero-order valence-corrected chi connectivity index (χ0v) is 20.1. The summed E-state index contributed by atoms with van der Waals surface area (Å²) in [6.45, 7) is 11.8. The molecule has 0 amide bonds. The third-order valence-electron chi connectivity index (χ3n) is 8.03. The minimum absolute atomic E-state index is 0.507. The standard InChI is InChI=1S/C30H36N/c1-19-15-20(2)29(26-16-23-9-7-8-10-24(23)28(19)26)27-17-25(21(3)18-31(27)6)22-11-13-30(4,5)14-12-22/h7-10,15,17-18,22H,11-14,16H2,1-6H3/q+1. The number of fused-ring (bicyclic) bond motifs is 3. The normalized spacial score (nSPS) is 17.5. The van der Waals surface area contributed by atoms with Gasteiger partial charge in [0.05, 0.1) is 5.56 Å². The summed E-state index contributed by atoms with van der Waals surface area (Å²) >= 11 is 0. The van der Waals surface area contributed by atoms with Gasteiger partial charge in [-0.3, -0.25) is 0 Å². The van der Waals surface area contributed by atoms with E-state index in [1.165, 1.54) is 75.9 Å². The zero-order chi connectivity index (χ0) is 21.9. The first-order chi connectivity index (χ1) is 14.7. The minimum atomic E-state index is 0.507. The maximum absolute atomic E-state index is 2.54. The maximum atomic E-state index is 2.54. The van der Waals surface area contributed by atoms with Gasteiger partial charge < -0.3 is 0 Å². The molecule has 1 nitrogen and oxygen atoms in total. The van der Waals surface area contributed by atoms with E-state index in [0.29, 0.717) is 11.3 Å². The number of nitrogens with zero attached hydrogens (tertiary/aromatic N) is 1. The first-order valence-electron chi connectivity index (χ1n) is 12.0. The lowest BCUT2D eigenvalue weighted by Gasteiger charge is -2.35. The third kappa shape index (κ3) is 3.43. The molecule has 3 aromatic rings. The van der Waals surface area contributed by atoms with Crippen LogP contribution in [-0.4, -0.2) is 0 Å². The summed E-state index contributed by atoms with van der Waals surface area (Å²) in [5.74, 6) is 0.698. The lowest BCUT2D eigenvalue weighted by atomic mass is 9.70. The molecule has 1 fully saturated rings. The highest BCUT2D eigenvalue weighted by Gasteiger charge is 2.32. The number of hydrogen-bond donors (Lipinski definition) is 0. The Morgan fingerprint density at radius 3 is 2.29 bits per heavy atom. The van der Waals surface area contributed by atoms with Gasteiger partial charge >= 0.3 is 0 Å². The number of benzene rings is 2. The van der Waals surface area contributed by atoms with Crippen LogP contribution in [-0.2, 0) is 13.5 Å². The van der Waals surface area contributed by atoms with Gasteiger partial charge in [0.2, 0.25) is 5.69 Å². The second-order valence-corrected chi connectivity index (χ2v) is 10.9. The van der Waals surface area contributed by atoms with Gasteiger partial charge in [0, 0.05) is 11.6 Å². The summed E-state index contributed by atoms with van der Waals surface area (Å²) in [6, 6.07) is 13.9. The molecule has 160 valence electrons. The summed E-state index contributed by atoms with van der Waals surface area (Å²) in [4.78, 5) is 0. The number of aromatic nitrogens is 1. The predicted molar refractivity (Wildman–Crippen MR) is 130 cm³/mol. The molecule has 0 unspecified atom stereocenters. The van der Waals surface area contributed by atoms with Crippen LogP contribution in [0.3, 0.4) is 0 Å². The van der Waals surface area contributed by atoms with Crippen molar-refractivity contribution < 1.29 is 4.57 Å². The number of rotatable bonds is 2. The first-order valence-corrected chi connectivity index (χ1v) is 12.0. The van der Waals surface area contributed by atoms with E-state index < -0.39 is 0 Å². The van der Waals surface area contributed by atoms with Crippen molar-refractivity contribution in [3.05, 3.63) is 76.0 Å². The van der Waals surface area contributed by atoms with Gasteiger partial charge in [0.25, 0.3) is 0 Å². The molecule has 1 aromatic heterocycles. The van der Waals surface area contributed by atoms with Crippen LogP contribution in [0.1, 0.15) is 78.8 Å². The molecule has 1 saturated carbocycles. The van der Waals surface area contributed by atoms with Gasteiger partial charge in [-0.15, -0.1) is 0 Å². The van der Waals surface area contributed by atoms with E-state index in [4.69, 9.17) is 0 Å². The Labute approximate surface area is 188 Å². The molecular weight excluding hydrogens is 374 g/mol. The fraction of sp³-hybridized carbons (Fsp3) is 0.433. The molecule has 0 spiro atoms. The Morgan fingerprint density at radius 2 is 1.55 bits per heavy atom. The van der Waals surface area contributed by atoms with Crippen molar-refractivity contribution in [2.75, 3.05) is 0 Å². The lowest BCUT2D eigenvalue weighted by molar-refractivity contribution is -0.660. The predicted octanol–water partition coefficient (Wildman–Crippen LogP) is 7.36. The van der Waals surface area contributed by atoms with Crippen LogP contribution in [0, 0.1) is 26.2 Å². The highest BCUT2D eigenvalue weighted by Crippen LogP contribution is 2.46. The van der Waals surface area contributed by atoms with Crippen molar-refractivity contribution in [1.82, 2.24) is 0 Å². The highest BCUT2D eigenvalue weighted by atomic mass is 14.9. The summed E-state index contributed by atoms with van der Waals surface area (Å²) in [7, 11) is 2.23. The van der Waals surface area contributed by atoms with E-state index in [9.17, 15) is 0 Å². The van der Waals surface area contributed by atoms with E-state index in [2.05, 4.69) is 88.8 Å². The van der Waals surface area contributed by atoms with Crippen molar-refractivity contribution in [1.29, 1.82) is 0 Å². The molecule has 2 aliphatic carbocycles. The van der Waals surface area contributed by atoms with Crippen molar-refractivity contribution in [3.63, 3.8) is 0 Å². The molecule has 0 radical (unpaired) electrons. The molecule has 0 N–H and O–H groups in total. The third-order valence-corrected chi connectivity index (χ3v) is 8.03. The topological polar surface area (TPSA) is 3.88 Å². The fourth-order valence-electron chi connectivity index (χ4n) is 6.28. The average Bonchev–Trinajstić information content (AvgIpc) is 3.09. The molecule has 0 atom stereocenters. The fourth-order valence-corrected chi connectivity index (χ4v) is 6.28. The molecule has 0 bridgehead atoms. The van der Waals surface area contributed by atoms with Gasteiger partial charge in [-0.25, -0.2) is 4.57 Å². The zero-order valence-electron chi connectivity index (χ0n) is 20.1. The lowest BCUT2D eigenvalue weighted by Crippen LogP contribution is -2.33. The van der Waals surface area contributed by atoms with Crippen molar-refractivity contribution in [2.45, 2.75) is 72.6 Å². The van der Waals surface area contributed by atoms with E-state index in [-0.39, 0.29) is 0 Å².